The number of anilines is 2. The van der Waals surface area contributed by atoms with Crippen molar-refractivity contribution in [3.63, 3.8) is 0 Å². The molecule has 3 aliphatic rings. The third-order valence-electron chi connectivity index (χ3n) is 6.11. The molecule has 186 valence electrons. The molecule has 6 N–H and O–H groups in total. The van der Waals surface area contributed by atoms with Crippen molar-refractivity contribution in [3.05, 3.63) is 41.6 Å². The molecule has 0 radical (unpaired) electrons. The van der Waals surface area contributed by atoms with Crippen LogP contribution in [0.3, 0.4) is 0 Å². The van der Waals surface area contributed by atoms with Crippen LogP contribution < -0.4 is 26.6 Å². The molecule has 1 aromatic heterocycles. The molecular formula is C22H27F2N9O2. The molecule has 4 heterocycles. The maximum absolute atomic E-state index is 14.9. The van der Waals surface area contributed by atoms with E-state index in [9.17, 15) is 18.4 Å². The van der Waals surface area contributed by atoms with E-state index in [1.165, 1.54) is 6.20 Å². The number of halogens is 2. The molecule has 0 atom stereocenters. The highest BCUT2D eigenvalue weighted by molar-refractivity contribution is 6.24. The molecule has 1 aromatic rings. The van der Waals surface area contributed by atoms with Crippen LogP contribution in [0.4, 0.5) is 20.2 Å². The number of piperazine rings is 1. The highest BCUT2D eigenvalue weighted by Gasteiger charge is 2.31. The van der Waals surface area contributed by atoms with E-state index < -0.39 is 23.4 Å². The van der Waals surface area contributed by atoms with Gasteiger partial charge in [-0.05, 0) is 12.8 Å². The minimum atomic E-state index is -0.828. The molecule has 3 aliphatic heterocycles. The number of nitrogens with zero attached hydrogens (tertiary/aromatic N) is 4. The van der Waals surface area contributed by atoms with Gasteiger partial charge in [0.1, 0.15) is 22.9 Å². The van der Waals surface area contributed by atoms with Crippen LogP contribution in [-0.4, -0.2) is 73.0 Å². The molecule has 0 unspecified atom stereocenters. The van der Waals surface area contributed by atoms with Crippen LogP contribution in [0.2, 0.25) is 0 Å². The first kappa shape index (κ1) is 24.3. The van der Waals surface area contributed by atoms with E-state index in [2.05, 4.69) is 25.9 Å². The van der Waals surface area contributed by atoms with Crippen LogP contribution in [0, 0.1) is 17.1 Å². The number of hydrogen-bond donors (Lipinski definition) is 5. The quantitative estimate of drug-likeness (QED) is 0.230. The summed E-state index contributed by atoms with van der Waals surface area (Å²) in [5.74, 6) is -2.85. The van der Waals surface area contributed by atoms with Crippen molar-refractivity contribution in [3.8, 4) is 0 Å². The van der Waals surface area contributed by atoms with Crippen molar-refractivity contribution >= 4 is 35.2 Å². The maximum Gasteiger partial charge on any atom is 0.263 e. The third-order valence-corrected chi connectivity index (χ3v) is 6.11. The zero-order valence-corrected chi connectivity index (χ0v) is 19.0. The average Bonchev–Trinajstić information content (AvgIpc) is 2.85. The van der Waals surface area contributed by atoms with E-state index in [1.807, 2.05) is 4.90 Å². The standard InChI is InChI=1S/C22H27F2N9O2/c23-14-9-29-20(30-10-14)17(19(25)26)21(34)31-16-12-28-11-15(24)18(16)32-5-1-13(2-6-32)22(35)33-7-3-27-4-8-33/h9-13,27,29H,1-8H2,(H3,25,26)(H,31,34)/b20-17-. The fourth-order valence-corrected chi connectivity index (χ4v) is 4.35. The molecule has 35 heavy (non-hydrogen) atoms. The molecule has 2 amide bonds. The Morgan fingerprint density at radius 3 is 2.49 bits per heavy atom. The van der Waals surface area contributed by atoms with Crippen molar-refractivity contribution < 1.29 is 18.4 Å². The van der Waals surface area contributed by atoms with Gasteiger partial charge >= 0.3 is 0 Å². The third kappa shape index (κ3) is 5.45. The molecule has 0 saturated carbocycles. The molecule has 0 spiro atoms. The van der Waals surface area contributed by atoms with Crippen molar-refractivity contribution in [2.75, 3.05) is 49.5 Å². The number of amides is 2. The summed E-state index contributed by atoms with van der Waals surface area (Å²) in [7, 11) is 0. The van der Waals surface area contributed by atoms with Crippen molar-refractivity contribution in [2.45, 2.75) is 12.8 Å². The van der Waals surface area contributed by atoms with E-state index in [0.29, 0.717) is 39.0 Å². The number of piperidine rings is 1. The Kier molecular flexibility index (Phi) is 7.34. The van der Waals surface area contributed by atoms with Crippen LogP contribution in [-0.2, 0) is 9.59 Å². The van der Waals surface area contributed by atoms with Gasteiger partial charge in [0.15, 0.2) is 11.6 Å². The van der Waals surface area contributed by atoms with Crippen LogP contribution in [0.25, 0.3) is 0 Å². The van der Waals surface area contributed by atoms with Gasteiger partial charge in [-0.2, -0.15) is 0 Å². The fourth-order valence-electron chi connectivity index (χ4n) is 4.35. The number of nitrogens with one attached hydrogen (secondary N) is 4. The summed E-state index contributed by atoms with van der Waals surface area (Å²) < 4.78 is 28.1. The average molecular weight is 488 g/mol. The van der Waals surface area contributed by atoms with Gasteiger partial charge < -0.3 is 31.5 Å². The number of rotatable bonds is 5. The summed E-state index contributed by atoms with van der Waals surface area (Å²) in [5, 5.41) is 16.0. The zero-order valence-electron chi connectivity index (χ0n) is 19.0. The largest absolute Gasteiger partial charge is 0.383 e. The Bertz CT molecular complexity index is 1100. The molecule has 13 heteroatoms. The number of aliphatic imine (C=N–C) groups is 1. The van der Waals surface area contributed by atoms with Gasteiger partial charge in [0.2, 0.25) is 5.91 Å². The van der Waals surface area contributed by atoms with Crippen molar-refractivity contribution in [2.24, 2.45) is 16.6 Å². The lowest BCUT2D eigenvalue weighted by Crippen LogP contribution is -2.50. The van der Waals surface area contributed by atoms with Gasteiger partial charge in [-0.25, -0.2) is 13.8 Å². The molecule has 2 saturated heterocycles. The molecular weight excluding hydrogens is 460 g/mol. The van der Waals surface area contributed by atoms with Gasteiger partial charge in [0.25, 0.3) is 5.91 Å². The van der Waals surface area contributed by atoms with Crippen LogP contribution in [0.5, 0.6) is 0 Å². The van der Waals surface area contributed by atoms with Crippen molar-refractivity contribution in [1.29, 1.82) is 5.41 Å². The Hall–Kier alpha value is -3.87. The zero-order chi connectivity index (χ0) is 24.9. The summed E-state index contributed by atoms with van der Waals surface area (Å²) in [6, 6.07) is 0. The van der Waals surface area contributed by atoms with E-state index in [0.717, 1.165) is 31.7 Å². The first-order valence-electron chi connectivity index (χ1n) is 11.3. The van der Waals surface area contributed by atoms with Crippen LogP contribution in [0.1, 0.15) is 12.8 Å². The second-order valence-electron chi connectivity index (χ2n) is 8.38. The molecule has 2 fully saturated rings. The number of pyridine rings is 1. The number of amidine groups is 1. The number of carbonyl (C=O) groups is 2. The lowest BCUT2D eigenvalue weighted by Gasteiger charge is -2.37. The van der Waals surface area contributed by atoms with E-state index >= 15 is 0 Å². The second-order valence-corrected chi connectivity index (χ2v) is 8.38. The Balaban J connectivity index is 1.49. The molecule has 0 bridgehead atoms. The lowest BCUT2D eigenvalue weighted by atomic mass is 9.94. The van der Waals surface area contributed by atoms with Gasteiger partial charge in [-0.1, -0.05) is 0 Å². The Labute approximate surface area is 200 Å². The van der Waals surface area contributed by atoms with E-state index in [1.54, 1.807) is 4.90 Å². The van der Waals surface area contributed by atoms with Gasteiger partial charge in [0.05, 0.1) is 24.3 Å². The van der Waals surface area contributed by atoms with Crippen LogP contribution >= 0.6 is 0 Å². The number of carbonyl (C=O) groups excluding carboxylic acids is 2. The Morgan fingerprint density at radius 2 is 1.86 bits per heavy atom. The number of hydrogen-bond acceptors (Lipinski definition) is 8. The van der Waals surface area contributed by atoms with E-state index in [-0.39, 0.29) is 34.6 Å². The summed E-state index contributed by atoms with van der Waals surface area (Å²) in [6.45, 7) is 3.76. The minimum Gasteiger partial charge on any atom is -0.383 e. The lowest BCUT2D eigenvalue weighted by molar-refractivity contribution is -0.136. The highest BCUT2D eigenvalue weighted by atomic mass is 19.1. The SMILES string of the molecule is N=C(N)/C(C(=O)Nc1cncc(F)c1N1CCC(C(=O)N2CCNCC2)CC1)=C1/N=CC(F)=CN1. The summed E-state index contributed by atoms with van der Waals surface area (Å²) >= 11 is 0. The number of aromatic nitrogens is 1. The smallest absolute Gasteiger partial charge is 0.263 e. The molecule has 0 aliphatic carbocycles. The van der Waals surface area contributed by atoms with Crippen molar-refractivity contribution in [1.82, 2.24) is 20.5 Å². The van der Waals surface area contributed by atoms with Gasteiger partial charge in [0, 0.05) is 51.4 Å². The Morgan fingerprint density at radius 1 is 1.14 bits per heavy atom. The van der Waals surface area contributed by atoms with Gasteiger partial charge in [-0.3, -0.25) is 20.0 Å². The van der Waals surface area contributed by atoms with Gasteiger partial charge in [-0.15, -0.1) is 0 Å². The maximum atomic E-state index is 14.9. The highest BCUT2D eigenvalue weighted by Crippen LogP contribution is 2.33. The number of allylic oxidation sites excluding steroid dienone is 1. The summed E-state index contributed by atoms with van der Waals surface area (Å²) in [6.07, 6.45) is 5.30. The molecule has 0 aromatic carbocycles. The topological polar surface area (TPSA) is 152 Å². The minimum absolute atomic E-state index is 0.0859. The monoisotopic (exact) mass is 487 g/mol. The van der Waals surface area contributed by atoms with E-state index in [4.69, 9.17) is 11.1 Å². The predicted molar refractivity (Wildman–Crippen MR) is 127 cm³/mol. The number of nitrogens with two attached hydrogens (primary N) is 1. The first-order chi connectivity index (χ1) is 16.8. The summed E-state index contributed by atoms with van der Waals surface area (Å²) in [4.78, 5) is 37.0. The normalized spacial score (nSPS) is 20.1. The predicted octanol–water partition coefficient (Wildman–Crippen LogP) is 0.440. The second kappa shape index (κ2) is 10.6. The molecule has 11 nitrogen and oxygen atoms in total. The van der Waals surface area contributed by atoms with Crippen LogP contribution in [0.15, 0.2) is 40.8 Å². The first-order valence-corrected chi connectivity index (χ1v) is 11.3. The molecule has 4 rings (SSSR count). The summed E-state index contributed by atoms with van der Waals surface area (Å²) in [5.41, 5.74) is 5.46. The fraction of sp³-hybridized carbons (Fsp3) is 0.409.